The standard InChI is InChI=1S/C13H13N3O3/c17-10-2-1-5-16-11(10)14-7-9(13(16)19)12(18)15-6-8-3-4-8/h1-2,5,7-8,17H,3-4,6H2,(H,15,18). The van der Waals surface area contributed by atoms with Gasteiger partial charge in [-0.15, -0.1) is 0 Å². The molecule has 3 rings (SSSR count). The van der Waals surface area contributed by atoms with Crippen molar-refractivity contribution < 1.29 is 9.90 Å². The van der Waals surface area contributed by atoms with Gasteiger partial charge >= 0.3 is 0 Å². The van der Waals surface area contributed by atoms with E-state index in [9.17, 15) is 14.7 Å². The predicted octanol–water partition coefficient (Wildman–Crippen LogP) is 0.540. The number of pyridine rings is 1. The Balaban J connectivity index is 1.97. The third-order valence-corrected chi connectivity index (χ3v) is 3.20. The van der Waals surface area contributed by atoms with E-state index in [0.717, 1.165) is 12.8 Å². The van der Waals surface area contributed by atoms with Gasteiger partial charge in [-0.25, -0.2) is 4.98 Å². The lowest BCUT2D eigenvalue weighted by molar-refractivity contribution is 0.0949. The van der Waals surface area contributed by atoms with Crippen LogP contribution < -0.4 is 10.9 Å². The topological polar surface area (TPSA) is 83.7 Å². The van der Waals surface area contributed by atoms with Gasteiger partial charge in [0.25, 0.3) is 11.5 Å². The molecule has 2 heterocycles. The minimum absolute atomic E-state index is 0.0104. The average Bonchev–Trinajstić information content (AvgIpc) is 3.21. The number of rotatable bonds is 3. The number of hydrogen-bond acceptors (Lipinski definition) is 4. The second-order valence-electron chi connectivity index (χ2n) is 4.72. The van der Waals surface area contributed by atoms with Crippen LogP contribution in [0.2, 0.25) is 0 Å². The van der Waals surface area contributed by atoms with Crippen molar-refractivity contribution in [2.24, 2.45) is 5.92 Å². The summed E-state index contributed by atoms with van der Waals surface area (Å²) in [7, 11) is 0. The van der Waals surface area contributed by atoms with Crippen LogP contribution in [0.3, 0.4) is 0 Å². The van der Waals surface area contributed by atoms with Gasteiger partial charge < -0.3 is 10.4 Å². The maximum Gasteiger partial charge on any atom is 0.270 e. The Kier molecular flexibility index (Phi) is 2.70. The molecule has 1 aliphatic carbocycles. The molecule has 19 heavy (non-hydrogen) atoms. The number of carbonyl (C=O) groups excluding carboxylic acids is 1. The van der Waals surface area contributed by atoms with Crippen LogP contribution >= 0.6 is 0 Å². The van der Waals surface area contributed by atoms with E-state index in [4.69, 9.17) is 0 Å². The number of aromatic nitrogens is 2. The molecule has 2 N–H and O–H groups in total. The number of nitrogens with zero attached hydrogens (tertiary/aromatic N) is 2. The van der Waals surface area contributed by atoms with Gasteiger partial charge in [0.05, 0.1) is 0 Å². The van der Waals surface area contributed by atoms with Crippen molar-refractivity contribution in [1.29, 1.82) is 0 Å². The highest BCUT2D eigenvalue weighted by atomic mass is 16.3. The molecule has 1 amide bonds. The summed E-state index contributed by atoms with van der Waals surface area (Å²) in [6.07, 6.45) is 4.94. The predicted molar refractivity (Wildman–Crippen MR) is 68.2 cm³/mol. The van der Waals surface area contributed by atoms with Crippen molar-refractivity contribution >= 4 is 11.6 Å². The number of nitrogens with one attached hydrogen (secondary N) is 1. The van der Waals surface area contributed by atoms with E-state index in [-0.39, 0.29) is 17.0 Å². The van der Waals surface area contributed by atoms with Crippen molar-refractivity contribution in [3.63, 3.8) is 0 Å². The molecule has 6 nitrogen and oxygen atoms in total. The van der Waals surface area contributed by atoms with Gasteiger partial charge in [-0.05, 0) is 30.9 Å². The molecular formula is C13H13N3O3. The SMILES string of the molecule is O=C(NCC1CC1)c1cnc2c(O)cccn2c1=O. The molecule has 0 spiro atoms. The first-order valence-corrected chi connectivity index (χ1v) is 6.14. The maximum absolute atomic E-state index is 12.1. The quantitative estimate of drug-likeness (QED) is 0.842. The number of carbonyl (C=O) groups is 1. The Morgan fingerprint density at radius 2 is 2.32 bits per heavy atom. The van der Waals surface area contributed by atoms with Crippen LogP contribution in [0.15, 0.2) is 29.3 Å². The lowest BCUT2D eigenvalue weighted by Crippen LogP contribution is -2.32. The zero-order valence-electron chi connectivity index (χ0n) is 10.2. The molecule has 0 aliphatic heterocycles. The van der Waals surface area contributed by atoms with Crippen LogP contribution in [0.1, 0.15) is 23.2 Å². The second kappa shape index (κ2) is 4.38. The molecule has 0 aromatic carbocycles. The van der Waals surface area contributed by atoms with Crippen LogP contribution in [-0.4, -0.2) is 26.9 Å². The normalized spacial score (nSPS) is 14.5. The number of fused-ring (bicyclic) bond motifs is 1. The molecule has 2 aromatic rings. The zero-order valence-corrected chi connectivity index (χ0v) is 10.2. The highest BCUT2D eigenvalue weighted by Crippen LogP contribution is 2.27. The van der Waals surface area contributed by atoms with Gasteiger partial charge in [0.15, 0.2) is 11.4 Å². The van der Waals surface area contributed by atoms with E-state index in [1.807, 2.05) is 0 Å². The molecule has 0 unspecified atom stereocenters. The Labute approximate surface area is 108 Å². The van der Waals surface area contributed by atoms with E-state index in [2.05, 4.69) is 10.3 Å². The molecule has 6 heteroatoms. The first-order chi connectivity index (χ1) is 9.16. The van der Waals surface area contributed by atoms with E-state index in [0.29, 0.717) is 12.5 Å². The van der Waals surface area contributed by atoms with Gasteiger partial charge in [0.1, 0.15) is 5.56 Å². The molecular weight excluding hydrogens is 246 g/mol. The first kappa shape index (κ1) is 11.7. The van der Waals surface area contributed by atoms with Gasteiger partial charge in [0, 0.05) is 18.9 Å². The Bertz CT molecular complexity index is 704. The lowest BCUT2D eigenvalue weighted by Gasteiger charge is -2.06. The molecule has 0 bridgehead atoms. The van der Waals surface area contributed by atoms with Crippen LogP contribution in [0.4, 0.5) is 0 Å². The molecule has 2 aromatic heterocycles. The zero-order chi connectivity index (χ0) is 13.4. The fourth-order valence-corrected chi connectivity index (χ4v) is 1.90. The smallest absolute Gasteiger partial charge is 0.270 e. The monoisotopic (exact) mass is 259 g/mol. The van der Waals surface area contributed by atoms with Gasteiger partial charge in [0.2, 0.25) is 0 Å². The minimum Gasteiger partial charge on any atom is -0.504 e. The summed E-state index contributed by atoms with van der Waals surface area (Å²) in [5, 5.41) is 12.3. The highest BCUT2D eigenvalue weighted by Gasteiger charge is 2.23. The van der Waals surface area contributed by atoms with Crippen LogP contribution in [-0.2, 0) is 0 Å². The molecule has 1 saturated carbocycles. The Morgan fingerprint density at radius 3 is 3.05 bits per heavy atom. The fourth-order valence-electron chi connectivity index (χ4n) is 1.90. The Morgan fingerprint density at radius 1 is 1.53 bits per heavy atom. The third-order valence-electron chi connectivity index (χ3n) is 3.20. The molecule has 1 aliphatic rings. The van der Waals surface area contributed by atoms with Crippen LogP contribution in [0.25, 0.3) is 5.65 Å². The van der Waals surface area contributed by atoms with Crippen molar-refractivity contribution in [2.45, 2.75) is 12.8 Å². The summed E-state index contributed by atoms with van der Waals surface area (Å²) < 4.78 is 1.17. The van der Waals surface area contributed by atoms with Gasteiger partial charge in [-0.1, -0.05) is 0 Å². The fraction of sp³-hybridized carbons (Fsp3) is 0.308. The summed E-state index contributed by atoms with van der Waals surface area (Å²) in [5.41, 5.74) is -0.343. The van der Waals surface area contributed by atoms with Crippen molar-refractivity contribution in [1.82, 2.24) is 14.7 Å². The number of hydrogen-bond donors (Lipinski definition) is 2. The van der Waals surface area contributed by atoms with Gasteiger partial charge in [-0.2, -0.15) is 0 Å². The maximum atomic E-state index is 12.1. The summed E-state index contributed by atoms with van der Waals surface area (Å²) >= 11 is 0. The molecule has 0 saturated heterocycles. The largest absolute Gasteiger partial charge is 0.504 e. The lowest BCUT2D eigenvalue weighted by atomic mass is 10.3. The molecule has 98 valence electrons. The van der Waals surface area contributed by atoms with Crippen LogP contribution in [0, 0.1) is 5.92 Å². The van der Waals surface area contributed by atoms with Crippen molar-refractivity contribution in [3.8, 4) is 5.75 Å². The van der Waals surface area contributed by atoms with Gasteiger partial charge in [-0.3, -0.25) is 14.0 Å². The van der Waals surface area contributed by atoms with Crippen LogP contribution in [0.5, 0.6) is 5.75 Å². The average molecular weight is 259 g/mol. The number of amides is 1. The van der Waals surface area contributed by atoms with E-state index in [1.54, 1.807) is 0 Å². The van der Waals surface area contributed by atoms with E-state index < -0.39 is 11.5 Å². The summed E-state index contributed by atoms with van der Waals surface area (Å²) in [5.74, 6) is 0.0378. The summed E-state index contributed by atoms with van der Waals surface area (Å²) in [4.78, 5) is 28.0. The number of aromatic hydroxyl groups is 1. The molecule has 0 atom stereocenters. The van der Waals surface area contributed by atoms with Crippen molar-refractivity contribution in [2.75, 3.05) is 6.54 Å². The Hall–Kier alpha value is -2.37. The molecule has 1 fully saturated rings. The summed E-state index contributed by atoms with van der Waals surface area (Å²) in [6.45, 7) is 0.598. The third kappa shape index (κ3) is 2.16. The van der Waals surface area contributed by atoms with E-state index in [1.165, 1.54) is 28.9 Å². The minimum atomic E-state index is -0.478. The summed E-state index contributed by atoms with van der Waals surface area (Å²) in [6, 6.07) is 2.96. The molecule has 0 radical (unpaired) electrons. The van der Waals surface area contributed by atoms with Crippen molar-refractivity contribution in [3.05, 3.63) is 40.4 Å². The highest BCUT2D eigenvalue weighted by molar-refractivity contribution is 5.93. The first-order valence-electron chi connectivity index (χ1n) is 6.14. The second-order valence-corrected chi connectivity index (χ2v) is 4.72. The van der Waals surface area contributed by atoms with E-state index >= 15 is 0 Å².